The summed E-state index contributed by atoms with van der Waals surface area (Å²) in [6.45, 7) is 7.34. The van der Waals surface area contributed by atoms with Gasteiger partial charge in [-0.15, -0.1) is 0 Å². The van der Waals surface area contributed by atoms with E-state index in [-0.39, 0.29) is 11.6 Å². The second-order valence-corrected chi connectivity index (χ2v) is 6.09. The molecule has 5 heteroatoms. The van der Waals surface area contributed by atoms with Crippen LogP contribution in [0.1, 0.15) is 58.2 Å². The van der Waals surface area contributed by atoms with Crippen molar-refractivity contribution in [1.29, 1.82) is 0 Å². The summed E-state index contributed by atoms with van der Waals surface area (Å²) in [6.07, 6.45) is 7.34. The van der Waals surface area contributed by atoms with E-state index in [1.807, 2.05) is 4.68 Å². The molecule has 0 radical (unpaired) electrons. The third kappa shape index (κ3) is 3.40. The molecule has 20 heavy (non-hydrogen) atoms. The summed E-state index contributed by atoms with van der Waals surface area (Å²) in [7, 11) is 0. The SMILES string of the molecule is CCC(C)n1ccc(CC(NN)C2(C)CCCCO2)n1. The minimum atomic E-state index is -0.187. The molecule has 1 aromatic heterocycles. The fraction of sp³-hybridized carbons (Fsp3) is 0.800. The van der Waals surface area contributed by atoms with Crippen LogP contribution in [-0.4, -0.2) is 28.0 Å². The van der Waals surface area contributed by atoms with Crippen LogP contribution in [0, 0.1) is 0 Å². The molecular formula is C15H28N4O. The van der Waals surface area contributed by atoms with Crippen molar-refractivity contribution in [3.8, 4) is 0 Å². The summed E-state index contributed by atoms with van der Waals surface area (Å²) < 4.78 is 8.02. The quantitative estimate of drug-likeness (QED) is 0.619. The molecule has 1 aliphatic heterocycles. The van der Waals surface area contributed by atoms with E-state index in [1.165, 1.54) is 6.42 Å². The van der Waals surface area contributed by atoms with E-state index in [0.717, 1.165) is 38.0 Å². The number of rotatable bonds is 6. The summed E-state index contributed by atoms with van der Waals surface area (Å²) in [5, 5.41) is 4.66. The molecule has 0 bridgehead atoms. The van der Waals surface area contributed by atoms with Gasteiger partial charge in [0.15, 0.2) is 0 Å². The van der Waals surface area contributed by atoms with Crippen LogP contribution in [-0.2, 0) is 11.2 Å². The topological polar surface area (TPSA) is 65.1 Å². The summed E-state index contributed by atoms with van der Waals surface area (Å²) >= 11 is 0. The van der Waals surface area contributed by atoms with Gasteiger partial charge < -0.3 is 4.74 Å². The predicted octanol–water partition coefficient (Wildman–Crippen LogP) is 2.19. The summed E-state index contributed by atoms with van der Waals surface area (Å²) in [5.41, 5.74) is 3.82. The molecule has 2 rings (SSSR count). The summed E-state index contributed by atoms with van der Waals surface area (Å²) in [5.74, 6) is 5.76. The molecule has 2 heterocycles. The fourth-order valence-corrected chi connectivity index (χ4v) is 2.81. The van der Waals surface area contributed by atoms with Gasteiger partial charge in [0.05, 0.1) is 17.3 Å². The maximum absolute atomic E-state index is 5.99. The highest BCUT2D eigenvalue weighted by Crippen LogP contribution is 2.29. The van der Waals surface area contributed by atoms with E-state index in [2.05, 4.69) is 43.6 Å². The first-order valence-corrected chi connectivity index (χ1v) is 7.73. The van der Waals surface area contributed by atoms with Gasteiger partial charge in [0.1, 0.15) is 0 Å². The highest BCUT2D eigenvalue weighted by Gasteiger charge is 2.36. The van der Waals surface area contributed by atoms with Gasteiger partial charge >= 0.3 is 0 Å². The zero-order valence-electron chi connectivity index (χ0n) is 12.9. The first kappa shape index (κ1) is 15.5. The van der Waals surface area contributed by atoms with Crippen molar-refractivity contribution in [3.63, 3.8) is 0 Å². The van der Waals surface area contributed by atoms with Gasteiger partial charge in [0.25, 0.3) is 0 Å². The molecule has 3 unspecified atom stereocenters. The van der Waals surface area contributed by atoms with Crippen molar-refractivity contribution in [2.24, 2.45) is 5.84 Å². The predicted molar refractivity (Wildman–Crippen MR) is 80.3 cm³/mol. The fourth-order valence-electron chi connectivity index (χ4n) is 2.81. The Balaban J connectivity index is 2.04. The molecule has 5 nitrogen and oxygen atoms in total. The molecule has 0 amide bonds. The smallest absolute Gasteiger partial charge is 0.0824 e. The normalized spacial score (nSPS) is 26.4. The lowest BCUT2D eigenvalue weighted by Gasteiger charge is -2.40. The Morgan fingerprint density at radius 2 is 2.35 bits per heavy atom. The third-order valence-corrected chi connectivity index (χ3v) is 4.56. The molecule has 3 atom stereocenters. The molecule has 3 N–H and O–H groups in total. The molecule has 1 aliphatic rings. The van der Waals surface area contributed by atoms with Crippen LogP contribution in [0.4, 0.5) is 0 Å². The largest absolute Gasteiger partial charge is 0.374 e. The van der Waals surface area contributed by atoms with Gasteiger partial charge in [-0.1, -0.05) is 6.92 Å². The number of ether oxygens (including phenoxy) is 1. The van der Waals surface area contributed by atoms with Crippen LogP contribution < -0.4 is 11.3 Å². The van der Waals surface area contributed by atoms with Crippen LogP contribution in [0.25, 0.3) is 0 Å². The Morgan fingerprint density at radius 1 is 1.55 bits per heavy atom. The average molecular weight is 280 g/mol. The third-order valence-electron chi connectivity index (χ3n) is 4.56. The van der Waals surface area contributed by atoms with E-state index in [1.54, 1.807) is 0 Å². The Hall–Kier alpha value is -0.910. The van der Waals surface area contributed by atoms with Crippen LogP contribution in [0.3, 0.4) is 0 Å². The van der Waals surface area contributed by atoms with Gasteiger partial charge in [-0.25, -0.2) is 0 Å². The number of hydrogen-bond acceptors (Lipinski definition) is 4. The molecular weight excluding hydrogens is 252 g/mol. The number of hydrazine groups is 1. The number of nitrogens with zero attached hydrogens (tertiary/aromatic N) is 2. The Kier molecular flexibility index (Phi) is 5.18. The van der Waals surface area contributed by atoms with E-state index >= 15 is 0 Å². The molecule has 0 aliphatic carbocycles. The van der Waals surface area contributed by atoms with Crippen LogP contribution in [0.5, 0.6) is 0 Å². The maximum atomic E-state index is 5.99. The van der Waals surface area contributed by atoms with Gasteiger partial charge in [0.2, 0.25) is 0 Å². The molecule has 1 saturated heterocycles. The number of aromatic nitrogens is 2. The molecule has 0 aromatic carbocycles. The lowest BCUT2D eigenvalue weighted by atomic mass is 9.86. The zero-order chi connectivity index (χ0) is 14.6. The van der Waals surface area contributed by atoms with Gasteiger partial charge in [0, 0.05) is 25.3 Å². The van der Waals surface area contributed by atoms with Crippen LogP contribution >= 0.6 is 0 Å². The van der Waals surface area contributed by atoms with Crippen LogP contribution in [0.15, 0.2) is 12.3 Å². The van der Waals surface area contributed by atoms with Gasteiger partial charge in [-0.05, 0) is 45.6 Å². The standard InChI is InChI=1S/C15H28N4O/c1-4-12(2)19-9-7-13(18-19)11-14(17-16)15(3)8-5-6-10-20-15/h7,9,12,14,17H,4-6,8,10-11,16H2,1-3H3. The van der Waals surface area contributed by atoms with Gasteiger partial charge in [-0.3, -0.25) is 16.0 Å². The summed E-state index contributed by atoms with van der Waals surface area (Å²) in [4.78, 5) is 0. The first-order chi connectivity index (χ1) is 9.59. The van der Waals surface area contributed by atoms with Gasteiger partial charge in [-0.2, -0.15) is 5.10 Å². The highest BCUT2D eigenvalue weighted by atomic mass is 16.5. The Labute approximate surface area is 121 Å². The van der Waals surface area contributed by atoms with Crippen molar-refractivity contribution < 1.29 is 4.74 Å². The van der Waals surface area contributed by atoms with Crippen molar-refractivity contribution in [2.75, 3.05) is 6.61 Å². The molecule has 1 fully saturated rings. The lowest BCUT2D eigenvalue weighted by Crippen LogP contribution is -2.55. The molecule has 114 valence electrons. The highest BCUT2D eigenvalue weighted by molar-refractivity contribution is 5.06. The molecule has 0 spiro atoms. The molecule has 1 aromatic rings. The van der Waals surface area contributed by atoms with Crippen molar-refractivity contribution in [1.82, 2.24) is 15.2 Å². The lowest BCUT2D eigenvalue weighted by molar-refractivity contribution is -0.0886. The van der Waals surface area contributed by atoms with E-state index < -0.39 is 0 Å². The van der Waals surface area contributed by atoms with Crippen molar-refractivity contribution >= 4 is 0 Å². The summed E-state index contributed by atoms with van der Waals surface area (Å²) in [6, 6.07) is 2.63. The number of hydrogen-bond donors (Lipinski definition) is 2. The van der Waals surface area contributed by atoms with E-state index in [4.69, 9.17) is 10.6 Å². The van der Waals surface area contributed by atoms with Crippen molar-refractivity contribution in [3.05, 3.63) is 18.0 Å². The van der Waals surface area contributed by atoms with E-state index in [9.17, 15) is 0 Å². The number of nitrogens with two attached hydrogens (primary N) is 1. The minimum Gasteiger partial charge on any atom is -0.374 e. The second kappa shape index (κ2) is 6.70. The second-order valence-electron chi connectivity index (χ2n) is 6.09. The first-order valence-electron chi connectivity index (χ1n) is 7.73. The minimum absolute atomic E-state index is 0.100. The molecule has 0 saturated carbocycles. The Morgan fingerprint density at radius 3 is 2.95 bits per heavy atom. The van der Waals surface area contributed by atoms with Crippen molar-refractivity contribution in [2.45, 2.75) is 70.6 Å². The van der Waals surface area contributed by atoms with Crippen LogP contribution in [0.2, 0.25) is 0 Å². The Bertz CT molecular complexity index is 412. The monoisotopic (exact) mass is 280 g/mol. The zero-order valence-corrected chi connectivity index (χ0v) is 12.9. The van der Waals surface area contributed by atoms with E-state index in [0.29, 0.717) is 6.04 Å². The maximum Gasteiger partial charge on any atom is 0.0824 e. The average Bonchev–Trinajstić information content (AvgIpc) is 2.93. The number of nitrogens with one attached hydrogen (secondary N) is 1.